The van der Waals surface area contributed by atoms with E-state index in [4.69, 9.17) is 9.47 Å². The maximum Gasteiger partial charge on any atom is 0.277 e. The average Bonchev–Trinajstić information content (AvgIpc) is 3.28. The molecule has 1 aliphatic carbocycles. The van der Waals surface area contributed by atoms with E-state index < -0.39 is 5.92 Å². The number of Topliss-reactive ketones (excluding diaryl/α,β-unsaturated/α-hetero) is 1. The number of benzene rings is 3. The van der Waals surface area contributed by atoms with Crippen LogP contribution < -0.4 is 20.3 Å². The van der Waals surface area contributed by atoms with Crippen molar-refractivity contribution < 1.29 is 14.3 Å². The third-order valence-corrected chi connectivity index (χ3v) is 7.31. The first-order chi connectivity index (χ1) is 18.1. The van der Waals surface area contributed by atoms with Gasteiger partial charge >= 0.3 is 0 Å². The van der Waals surface area contributed by atoms with Crippen molar-refractivity contribution in [3.63, 3.8) is 0 Å². The van der Waals surface area contributed by atoms with Crippen LogP contribution in [0.25, 0.3) is 5.69 Å². The molecule has 0 saturated heterocycles. The number of aromatic amines is 1. The molecule has 0 spiro atoms. The number of rotatable bonds is 5. The van der Waals surface area contributed by atoms with Gasteiger partial charge in [-0.15, -0.1) is 0 Å². The van der Waals surface area contributed by atoms with Crippen molar-refractivity contribution >= 4 is 11.6 Å². The summed E-state index contributed by atoms with van der Waals surface area (Å²) in [6, 6.07) is 25.1. The van der Waals surface area contributed by atoms with E-state index in [1.54, 1.807) is 18.9 Å². The Balaban J connectivity index is 1.46. The molecule has 3 aromatic carbocycles. The lowest BCUT2D eigenvalue weighted by molar-refractivity contribution is -0.116. The maximum absolute atomic E-state index is 13.8. The summed E-state index contributed by atoms with van der Waals surface area (Å²) < 4.78 is 12.4. The van der Waals surface area contributed by atoms with Crippen molar-refractivity contribution in [2.45, 2.75) is 24.7 Å². The predicted octanol–water partition coefficient (Wildman–Crippen LogP) is 5.14. The number of methoxy groups -OCH3 is 2. The van der Waals surface area contributed by atoms with Gasteiger partial charge in [-0.05, 0) is 47.7 Å². The molecule has 2 heterocycles. The van der Waals surface area contributed by atoms with E-state index in [2.05, 4.69) is 10.4 Å². The monoisotopic (exact) mass is 493 g/mol. The second-order valence-corrected chi connectivity index (χ2v) is 9.38. The number of ketones is 1. The largest absolute Gasteiger partial charge is 0.493 e. The van der Waals surface area contributed by atoms with Gasteiger partial charge in [0.15, 0.2) is 17.3 Å². The molecule has 7 nitrogen and oxygen atoms in total. The van der Waals surface area contributed by atoms with Crippen LogP contribution in [0.15, 0.2) is 94.9 Å². The summed E-state index contributed by atoms with van der Waals surface area (Å²) in [6.07, 6.45) is 0.990. The zero-order chi connectivity index (χ0) is 25.5. The number of carbonyl (C=O) groups excluding carboxylic acids is 1. The molecule has 4 aromatic rings. The molecule has 0 fully saturated rings. The number of nitrogens with one attached hydrogen (secondary N) is 2. The molecule has 6 rings (SSSR count). The van der Waals surface area contributed by atoms with Crippen LogP contribution in [0.4, 0.5) is 5.82 Å². The van der Waals surface area contributed by atoms with Crippen LogP contribution in [0, 0.1) is 0 Å². The zero-order valence-corrected chi connectivity index (χ0v) is 20.7. The van der Waals surface area contributed by atoms with Gasteiger partial charge in [-0.1, -0.05) is 54.6 Å². The van der Waals surface area contributed by atoms with Gasteiger partial charge in [0.1, 0.15) is 5.82 Å². The molecule has 37 heavy (non-hydrogen) atoms. The van der Waals surface area contributed by atoms with Gasteiger partial charge in [0.2, 0.25) is 0 Å². The van der Waals surface area contributed by atoms with Crippen molar-refractivity contribution in [3.8, 4) is 17.2 Å². The van der Waals surface area contributed by atoms with Gasteiger partial charge in [-0.3, -0.25) is 14.7 Å². The first kappa shape index (κ1) is 22.9. The van der Waals surface area contributed by atoms with Crippen molar-refractivity contribution in [3.05, 3.63) is 117 Å². The molecule has 1 aromatic heterocycles. The van der Waals surface area contributed by atoms with Crippen LogP contribution in [0.3, 0.4) is 0 Å². The quantitative estimate of drug-likeness (QED) is 0.402. The number of anilines is 1. The second kappa shape index (κ2) is 9.17. The minimum atomic E-state index is -0.444. The molecule has 0 bridgehead atoms. The minimum absolute atomic E-state index is 0.0283. The van der Waals surface area contributed by atoms with E-state index in [9.17, 15) is 9.59 Å². The highest BCUT2D eigenvalue weighted by Gasteiger charge is 2.41. The Bertz CT molecular complexity index is 1570. The Hall–Kier alpha value is -4.52. The molecule has 0 saturated carbocycles. The van der Waals surface area contributed by atoms with E-state index in [0.717, 1.165) is 22.5 Å². The normalized spacial score (nSPS) is 18.6. The van der Waals surface area contributed by atoms with Crippen LogP contribution in [0.1, 0.15) is 41.4 Å². The highest BCUT2D eigenvalue weighted by atomic mass is 16.5. The SMILES string of the molecule is COc1ccc(C2CC(=O)C3=C(C2)Nc2[nH]n(-c4ccccc4)c(=O)c2C3c2ccccc2)cc1OC. The first-order valence-corrected chi connectivity index (χ1v) is 12.3. The highest BCUT2D eigenvalue weighted by molar-refractivity contribution is 6.01. The van der Waals surface area contributed by atoms with Gasteiger partial charge in [0, 0.05) is 23.6 Å². The molecule has 0 radical (unpaired) electrons. The van der Waals surface area contributed by atoms with Crippen molar-refractivity contribution in [2.75, 3.05) is 19.5 Å². The Labute approximate surface area is 214 Å². The number of hydrogen-bond acceptors (Lipinski definition) is 5. The van der Waals surface area contributed by atoms with E-state index in [1.165, 1.54) is 0 Å². The van der Waals surface area contributed by atoms with Crippen LogP contribution in [0.5, 0.6) is 11.5 Å². The van der Waals surface area contributed by atoms with Gasteiger partial charge in [0.05, 0.1) is 25.5 Å². The molecule has 7 heteroatoms. The van der Waals surface area contributed by atoms with Gasteiger partial charge < -0.3 is 14.8 Å². The fraction of sp³-hybridized carbons (Fsp3) is 0.200. The van der Waals surface area contributed by atoms with Gasteiger partial charge in [-0.2, -0.15) is 0 Å². The smallest absolute Gasteiger partial charge is 0.277 e. The topological polar surface area (TPSA) is 85.4 Å². The van der Waals surface area contributed by atoms with Crippen LogP contribution in [-0.4, -0.2) is 29.8 Å². The van der Waals surface area contributed by atoms with Crippen LogP contribution >= 0.6 is 0 Å². The molecular formula is C30H27N3O4. The van der Waals surface area contributed by atoms with Gasteiger partial charge in [-0.25, -0.2) is 4.68 Å². The summed E-state index contributed by atoms with van der Waals surface area (Å²) in [4.78, 5) is 27.5. The van der Waals surface area contributed by atoms with Gasteiger partial charge in [0.25, 0.3) is 5.56 Å². The summed E-state index contributed by atoms with van der Waals surface area (Å²) >= 11 is 0. The molecule has 186 valence electrons. The molecule has 2 atom stereocenters. The third kappa shape index (κ3) is 3.83. The number of H-pyrrole nitrogens is 1. The highest BCUT2D eigenvalue weighted by Crippen LogP contribution is 2.47. The number of hydrogen-bond donors (Lipinski definition) is 2. The lowest BCUT2D eigenvalue weighted by atomic mass is 9.73. The lowest BCUT2D eigenvalue weighted by Gasteiger charge is -2.34. The fourth-order valence-electron chi connectivity index (χ4n) is 5.57. The zero-order valence-electron chi connectivity index (χ0n) is 20.7. The molecule has 1 aliphatic heterocycles. The third-order valence-electron chi connectivity index (χ3n) is 7.31. The number of aromatic nitrogens is 2. The van der Waals surface area contributed by atoms with Crippen LogP contribution in [0.2, 0.25) is 0 Å². The molecule has 0 amide bonds. The number of allylic oxidation sites excluding steroid dienone is 2. The molecule has 2 N–H and O–H groups in total. The Morgan fingerprint density at radius 3 is 2.22 bits per heavy atom. The Kier molecular flexibility index (Phi) is 5.68. The number of fused-ring (bicyclic) bond motifs is 1. The Morgan fingerprint density at radius 2 is 1.51 bits per heavy atom. The predicted molar refractivity (Wildman–Crippen MR) is 142 cm³/mol. The minimum Gasteiger partial charge on any atom is -0.493 e. The summed E-state index contributed by atoms with van der Waals surface area (Å²) in [5, 5.41) is 6.70. The van der Waals surface area contributed by atoms with Crippen LogP contribution in [-0.2, 0) is 4.79 Å². The summed E-state index contributed by atoms with van der Waals surface area (Å²) in [7, 11) is 3.21. The van der Waals surface area contributed by atoms with Crippen molar-refractivity contribution in [2.24, 2.45) is 0 Å². The standard InChI is InChI=1S/C30H27N3O4/c1-36-24-14-13-19(17-25(24)37-2)20-15-22-27(23(34)16-20)26(18-9-5-3-6-10-18)28-29(31-22)32-33(30(28)35)21-11-7-4-8-12-21/h3-14,17,20,26,31-32H,15-16H2,1-2H3. The Morgan fingerprint density at radius 1 is 0.811 bits per heavy atom. The maximum atomic E-state index is 13.8. The van der Waals surface area contributed by atoms with E-state index >= 15 is 0 Å². The summed E-state index contributed by atoms with van der Waals surface area (Å²) in [5.41, 5.74) is 4.59. The summed E-state index contributed by atoms with van der Waals surface area (Å²) in [6.45, 7) is 0. The first-order valence-electron chi connectivity index (χ1n) is 12.3. The van der Waals surface area contributed by atoms with E-state index in [0.29, 0.717) is 41.3 Å². The number of carbonyl (C=O) groups is 1. The summed E-state index contributed by atoms with van der Waals surface area (Å²) in [5.74, 6) is 1.48. The number of nitrogens with zero attached hydrogens (tertiary/aromatic N) is 1. The number of para-hydroxylation sites is 1. The second-order valence-electron chi connectivity index (χ2n) is 9.38. The van der Waals surface area contributed by atoms with E-state index in [1.807, 2.05) is 78.9 Å². The van der Waals surface area contributed by atoms with Crippen molar-refractivity contribution in [1.29, 1.82) is 0 Å². The number of ether oxygens (including phenoxy) is 2. The molecular weight excluding hydrogens is 466 g/mol. The van der Waals surface area contributed by atoms with Crippen molar-refractivity contribution in [1.82, 2.24) is 9.78 Å². The fourth-order valence-corrected chi connectivity index (χ4v) is 5.57. The molecule has 2 aliphatic rings. The molecule has 2 unspecified atom stereocenters. The lowest BCUT2D eigenvalue weighted by Crippen LogP contribution is -2.32. The average molecular weight is 494 g/mol. The van der Waals surface area contributed by atoms with E-state index in [-0.39, 0.29) is 17.3 Å².